The van der Waals surface area contributed by atoms with Gasteiger partial charge < -0.3 is 10.2 Å². The molecule has 1 N–H and O–H groups in total. The monoisotopic (exact) mass is 482 g/mol. The second kappa shape index (κ2) is 11.9. The number of benzene rings is 3. The molecule has 0 aliphatic carbocycles. The Bertz CT molecular complexity index is 1090. The fourth-order valence-electron chi connectivity index (χ4n) is 3.66. The molecule has 2 amide bonds. The average Bonchev–Trinajstić information content (AvgIpc) is 2.80. The van der Waals surface area contributed by atoms with Gasteiger partial charge in [0, 0.05) is 19.5 Å². The van der Waals surface area contributed by atoms with Crippen LogP contribution in [0.3, 0.4) is 0 Å². The van der Waals surface area contributed by atoms with Gasteiger partial charge in [0.05, 0.1) is 16.5 Å². The molecule has 0 saturated heterocycles. The largest absolute Gasteiger partial charge is 0.355 e. The highest BCUT2D eigenvalue weighted by Crippen LogP contribution is 2.24. The van der Waals surface area contributed by atoms with Crippen molar-refractivity contribution in [3.05, 3.63) is 105 Å². The molecule has 0 spiro atoms. The number of hydrogen-bond acceptors (Lipinski definition) is 2. The van der Waals surface area contributed by atoms with Crippen molar-refractivity contribution in [3.8, 4) is 0 Å². The number of nitrogens with zero attached hydrogens (tertiary/aromatic N) is 1. The molecule has 0 bridgehead atoms. The lowest BCUT2D eigenvalue weighted by Crippen LogP contribution is -2.50. The van der Waals surface area contributed by atoms with E-state index in [1.807, 2.05) is 74.5 Å². The lowest BCUT2D eigenvalue weighted by atomic mass is 10.0. The van der Waals surface area contributed by atoms with E-state index in [0.717, 1.165) is 22.3 Å². The van der Waals surface area contributed by atoms with E-state index in [2.05, 4.69) is 5.32 Å². The van der Waals surface area contributed by atoms with Crippen molar-refractivity contribution in [2.45, 2.75) is 39.3 Å². The van der Waals surface area contributed by atoms with E-state index in [0.29, 0.717) is 23.0 Å². The molecule has 33 heavy (non-hydrogen) atoms. The number of rotatable bonds is 9. The van der Waals surface area contributed by atoms with Gasteiger partial charge in [0.1, 0.15) is 6.04 Å². The Morgan fingerprint density at radius 2 is 1.55 bits per heavy atom. The zero-order valence-corrected chi connectivity index (χ0v) is 20.4. The molecule has 4 nitrogen and oxygen atoms in total. The minimum absolute atomic E-state index is 0.128. The van der Waals surface area contributed by atoms with Crippen molar-refractivity contribution in [3.63, 3.8) is 0 Å². The van der Waals surface area contributed by atoms with Gasteiger partial charge in [0.15, 0.2) is 0 Å². The minimum atomic E-state index is -0.667. The van der Waals surface area contributed by atoms with E-state index in [-0.39, 0.29) is 24.8 Å². The summed E-state index contributed by atoms with van der Waals surface area (Å²) < 4.78 is 0. The van der Waals surface area contributed by atoms with Gasteiger partial charge in [-0.1, -0.05) is 89.4 Å². The third-order valence-electron chi connectivity index (χ3n) is 5.43. The molecule has 6 heteroatoms. The van der Waals surface area contributed by atoms with Gasteiger partial charge in [-0.05, 0) is 42.7 Å². The van der Waals surface area contributed by atoms with Gasteiger partial charge in [-0.15, -0.1) is 0 Å². The summed E-state index contributed by atoms with van der Waals surface area (Å²) in [6.07, 6.45) is 0.611. The molecule has 1 atom stereocenters. The van der Waals surface area contributed by atoms with E-state index in [1.54, 1.807) is 17.0 Å². The van der Waals surface area contributed by atoms with Crippen LogP contribution in [0.25, 0.3) is 0 Å². The molecule has 0 fully saturated rings. The van der Waals surface area contributed by atoms with Gasteiger partial charge in [-0.25, -0.2) is 0 Å². The molecule has 3 rings (SSSR count). The predicted octanol–water partition coefficient (Wildman–Crippen LogP) is 5.62. The molecule has 3 aromatic rings. The molecule has 0 heterocycles. The third kappa shape index (κ3) is 7.08. The van der Waals surface area contributed by atoms with E-state index in [1.165, 1.54) is 0 Å². The molecule has 1 unspecified atom stereocenters. The van der Waals surface area contributed by atoms with Crippen molar-refractivity contribution in [1.29, 1.82) is 0 Å². The number of halogens is 2. The first-order valence-corrected chi connectivity index (χ1v) is 11.7. The number of amides is 2. The molecule has 0 aliphatic heterocycles. The minimum Gasteiger partial charge on any atom is -0.355 e. The molecule has 0 radical (unpaired) electrons. The molecule has 0 aromatic heterocycles. The lowest BCUT2D eigenvalue weighted by molar-refractivity contribution is -0.140. The van der Waals surface area contributed by atoms with Gasteiger partial charge in [0.25, 0.3) is 0 Å². The first-order valence-electron chi connectivity index (χ1n) is 11.0. The van der Waals surface area contributed by atoms with Crippen LogP contribution < -0.4 is 5.32 Å². The van der Waals surface area contributed by atoms with Crippen LogP contribution in [-0.4, -0.2) is 29.3 Å². The smallest absolute Gasteiger partial charge is 0.243 e. The van der Waals surface area contributed by atoms with Gasteiger partial charge in [-0.3, -0.25) is 9.59 Å². The van der Waals surface area contributed by atoms with Crippen LogP contribution >= 0.6 is 23.2 Å². The molecular formula is C27H28Cl2N2O2. The topological polar surface area (TPSA) is 49.4 Å². The summed E-state index contributed by atoms with van der Waals surface area (Å²) in [6.45, 7) is 4.61. The first kappa shape index (κ1) is 24.8. The van der Waals surface area contributed by atoms with Crippen molar-refractivity contribution in [2.24, 2.45) is 0 Å². The summed E-state index contributed by atoms with van der Waals surface area (Å²) in [7, 11) is 0. The quantitative estimate of drug-likeness (QED) is 0.430. The maximum atomic E-state index is 13.6. The summed E-state index contributed by atoms with van der Waals surface area (Å²) in [5.41, 5.74) is 3.82. The van der Waals surface area contributed by atoms with Crippen molar-refractivity contribution >= 4 is 35.0 Å². The van der Waals surface area contributed by atoms with Crippen LogP contribution in [0.2, 0.25) is 10.0 Å². The summed E-state index contributed by atoms with van der Waals surface area (Å²) >= 11 is 12.3. The van der Waals surface area contributed by atoms with E-state index in [4.69, 9.17) is 23.2 Å². The Labute approximate surface area is 205 Å². The summed E-state index contributed by atoms with van der Waals surface area (Å²) in [5.74, 6) is -0.309. The van der Waals surface area contributed by atoms with E-state index < -0.39 is 6.04 Å². The molecule has 3 aromatic carbocycles. The lowest BCUT2D eigenvalue weighted by Gasteiger charge is -2.31. The van der Waals surface area contributed by atoms with Gasteiger partial charge in [0.2, 0.25) is 11.8 Å². The van der Waals surface area contributed by atoms with Gasteiger partial charge in [-0.2, -0.15) is 0 Å². The standard InChI is InChI=1S/C27H28Cl2N2O2/c1-3-30-27(33)25(16-20-7-5-4-6-8-20)31(18-22-13-14-23(28)24(29)15-22)26(32)17-21-11-9-19(2)10-12-21/h4-15,25H,3,16-18H2,1-2H3,(H,30,33). The third-order valence-corrected chi connectivity index (χ3v) is 6.17. The number of hydrogen-bond donors (Lipinski definition) is 1. The van der Waals surface area contributed by atoms with E-state index >= 15 is 0 Å². The van der Waals surface area contributed by atoms with E-state index in [9.17, 15) is 9.59 Å². The number of likely N-dealkylation sites (N-methyl/N-ethyl adjacent to an activating group) is 1. The molecular weight excluding hydrogens is 455 g/mol. The fourth-order valence-corrected chi connectivity index (χ4v) is 3.98. The highest BCUT2D eigenvalue weighted by molar-refractivity contribution is 6.42. The van der Waals surface area contributed by atoms with Crippen molar-refractivity contribution in [2.75, 3.05) is 6.54 Å². The molecule has 0 aliphatic rings. The Hall–Kier alpha value is -2.82. The highest BCUT2D eigenvalue weighted by Gasteiger charge is 2.30. The zero-order valence-electron chi connectivity index (χ0n) is 18.9. The second-order valence-electron chi connectivity index (χ2n) is 8.03. The van der Waals surface area contributed by atoms with Crippen LogP contribution in [0.4, 0.5) is 0 Å². The average molecular weight is 483 g/mol. The second-order valence-corrected chi connectivity index (χ2v) is 8.85. The normalized spacial score (nSPS) is 11.6. The number of carbonyl (C=O) groups is 2. The maximum absolute atomic E-state index is 13.6. The van der Waals surface area contributed by atoms with Crippen LogP contribution in [0.5, 0.6) is 0 Å². The zero-order chi connectivity index (χ0) is 23.8. The number of aryl methyl sites for hydroxylation is 1. The SMILES string of the molecule is CCNC(=O)C(Cc1ccccc1)N(Cc1ccc(Cl)c(Cl)c1)C(=O)Cc1ccc(C)cc1. The van der Waals surface area contributed by atoms with Crippen LogP contribution in [-0.2, 0) is 29.0 Å². The maximum Gasteiger partial charge on any atom is 0.243 e. The Morgan fingerprint density at radius 3 is 2.18 bits per heavy atom. The van der Waals surface area contributed by atoms with Crippen LogP contribution in [0.15, 0.2) is 72.8 Å². The first-order chi connectivity index (χ1) is 15.9. The van der Waals surface area contributed by atoms with Crippen LogP contribution in [0, 0.1) is 6.92 Å². The van der Waals surface area contributed by atoms with Crippen LogP contribution in [0.1, 0.15) is 29.2 Å². The fraction of sp³-hybridized carbons (Fsp3) is 0.259. The van der Waals surface area contributed by atoms with Crippen molar-refractivity contribution < 1.29 is 9.59 Å². The van der Waals surface area contributed by atoms with Crippen molar-refractivity contribution in [1.82, 2.24) is 10.2 Å². The summed E-state index contributed by atoms with van der Waals surface area (Å²) in [6, 6.07) is 22.2. The van der Waals surface area contributed by atoms with Gasteiger partial charge >= 0.3 is 0 Å². The summed E-state index contributed by atoms with van der Waals surface area (Å²) in [5, 5.41) is 3.76. The Kier molecular flexibility index (Phi) is 8.93. The number of carbonyl (C=O) groups excluding carboxylic acids is 2. The predicted molar refractivity (Wildman–Crippen MR) is 135 cm³/mol. The molecule has 0 saturated carbocycles. The Balaban J connectivity index is 1.96. The molecule has 172 valence electrons. The number of nitrogens with one attached hydrogen (secondary N) is 1. The Morgan fingerprint density at radius 1 is 0.879 bits per heavy atom. The summed E-state index contributed by atoms with van der Waals surface area (Å²) in [4.78, 5) is 28.4. The highest BCUT2D eigenvalue weighted by atomic mass is 35.5.